The van der Waals surface area contributed by atoms with E-state index in [1.807, 2.05) is 17.9 Å². The van der Waals surface area contributed by atoms with Crippen LogP contribution in [0.15, 0.2) is 28.3 Å². The van der Waals surface area contributed by atoms with Crippen LogP contribution in [0.1, 0.15) is 25.3 Å². The predicted molar refractivity (Wildman–Crippen MR) is 89.7 cm³/mol. The number of amides is 1. The Morgan fingerprint density at radius 1 is 1.35 bits per heavy atom. The number of hydrogen-bond donors (Lipinski definition) is 0. The molecule has 6 nitrogen and oxygen atoms in total. The molecule has 1 amide bonds. The van der Waals surface area contributed by atoms with Crippen molar-refractivity contribution < 1.29 is 4.79 Å². The van der Waals surface area contributed by atoms with Gasteiger partial charge in [0.15, 0.2) is 5.16 Å². The summed E-state index contributed by atoms with van der Waals surface area (Å²) in [6.07, 6.45) is 3.77. The molecule has 0 aliphatic carbocycles. The van der Waals surface area contributed by atoms with Gasteiger partial charge in [-0.3, -0.25) is 9.20 Å². The van der Waals surface area contributed by atoms with Gasteiger partial charge < -0.3 is 4.90 Å². The average molecular weight is 332 g/mol. The Kier molecular flexibility index (Phi) is 4.66. The minimum absolute atomic E-state index is 0.0930. The molecule has 122 valence electrons. The second-order valence-electron chi connectivity index (χ2n) is 6.03. The van der Waals surface area contributed by atoms with Crippen LogP contribution < -0.4 is 5.69 Å². The lowest BCUT2D eigenvalue weighted by atomic mass is 9.99. The van der Waals surface area contributed by atoms with Gasteiger partial charge in [0.05, 0.1) is 5.75 Å². The predicted octanol–water partition coefficient (Wildman–Crippen LogP) is 1.75. The Morgan fingerprint density at radius 2 is 2.09 bits per heavy atom. The van der Waals surface area contributed by atoms with Gasteiger partial charge in [0.25, 0.3) is 0 Å². The molecule has 2 aromatic rings. The standard InChI is InChI=1S/C16H20N4O2S/c1-11-5-8-19(9-6-11)13(21)10-23-15-17-14-12(2)4-3-7-20(14)16(22)18-15/h3-4,7,11H,5-6,8-10H2,1-2H3. The van der Waals surface area contributed by atoms with Crippen LogP contribution in [0.4, 0.5) is 0 Å². The number of fused-ring (bicyclic) bond motifs is 1. The van der Waals surface area contributed by atoms with Gasteiger partial charge in [0, 0.05) is 19.3 Å². The third-order valence-electron chi connectivity index (χ3n) is 4.22. The van der Waals surface area contributed by atoms with Crippen molar-refractivity contribution in [2.75, 3.05) is 18.8 Å². The Hall–Kier alpha value is -1.89. The quantitative estimate of drug-likeness (QED) is 0.801. The van der Waals surface area contributed by atoms with Gasteiger partial charge in [-0.1, -0.05) is 24.8 Å². The van der Waals surface area contributed by atoms with Gasteiger partial charge in [0.1, 0.15) is 5.65 Å². The van der Waals surface area contributed by atoms with Crippen LogP contribution in [0.3, 0.4) is 0 Å². The van der Waals surface area contributed by atoms with Gasteiger partial charge in [-0.25, -0.2) is 9.78 Å². The van der Waals surface area contributed by atoms with Crippen molar-refractivity contribution in [3.05, 3.63) is 34.4 Å². The zero-order chi connectivity index (χ0) is 16.4. The molecular weight excluding hydrogens is 312 g/mol. The number of carbonyl (C=O) groups excluding carboxylic acids is 1. The number of piperidine rings is 1. The minimum Gasteiger partial charge on any atom is -0.342 e. The molecule has 0 radical (unpaired) electrons. The number of pyridine rings is 1. The highest BCUT2D eigenvalue weighted by Gasteiger charge is 2.20. The zero-order valence-corrected chi connectivity index (χ0v) is 14.2. The molecule has 1 aliphatic heterocycles. The molecule has 0 bridgehead atoms. The number of carbonyl (C=O) groups is 1. The van der Waals surface area contributed by atoms with Crippen LogP contribution in [-0.4, -0.2) is 44.0 Å². The summed E-state index contributed by atoms with van der Waals surface area (Å²) in [5.74, 6) is 1.06. The van der Waals surface area contributed by atoms with Crippen molar-refractivity contribution in [2.45, 2.75) is 31.8 Å². The molecule has 0 atom stereocenters. The molecule has 0 N–H and O–H groups in total. The van der Waals surface area contributed by atoms with Crippen molar-refractivity contribution in [1.29, 1.82) is 0 Å². The van der Waals surface area contributed by atoms with Crippen LogP contribution in [0.25, 0.3) is 5.65 Å². The van der Waals surface area contributed by atoms with Gasteiger partial charge in [-0.05, 0) is 37.3 Å². The van der Waals surface area contributed by atoms with Crippen LogP contribution >= 0.6 is 11.8 Å². The monoisotopic (exact) mass is 332 g/mol. The second kappa shape index (κ2) is 6.70. The molecular formula is C16H20N4O2S. The van der Waals surface area contributed by atoms with Crippen molar-refractivity contribution in [3.8, 4) is 0 Å². The largest absolute Gasteiger partial charge is 0.355 e. The Morgan fingerprint density at radius 3 is 2.83 bits per heavy atom. The summed E-state index contributed by atoms with van der Waals surface area (Å²) < 4.78 is 1.42. The minimum atomic E-state index is -0.361. The molecule has 3 heterocycles. The summed E-state index contributed by atoms with van der Waals surface area (Å²) in [6.45, 7) is 5.76. The maximum absolute atomic E-state index is 12.3. The first-order valence-electron chi connectivity index (χ1n) is 7.81. The molecule has 1 fully saturated rings. The summed E-state index contributed by atoms with van der Waals surface area (Å²) in [7, 11) is 0. The molecule has 23 heavy (non-hydrogen) atoms. The molecule has 3 rings (SSSR count). The fourth-order valence-electron chi connectivity index (χ4n) is 2.70. The Bertz CT molecular complexity index is 781. The Balaban J connectivity index is 1.71. The smallest absolute Gasteiger partial charge is 0.342 e. The lowest BCUT2D eigenvalue weighted by Gasteiger charge is -2.30. The van der Waals surface area contributed by atoms with Crippen molar-refractivity contribution in [2.24, 2.45) is 5.92 Å². The molecule has 2 aromatic heterocycles. The van der Waals surface area contributed by atoms with E-state index in [0.717, 1.165) is 31.5 Å². The zero-order valence-electron chi connectivity index (χ0n) is 13.4. The van der Waals surface area contributed by atoms with Crippen molar-refractivity contribution in [3.63, 3.8) is 0 Å². The average Bonchev–Trinajstić information content (AvgIpc) is 2.54. The number of rotatable bonds is 3. The van der Waals surface area contributed by atoms with Gasteiger partial charge in [-0.2, -0.15) is 4.98 Å². The summed E-state index contributed by atoms with van der Waals surface area (Å²) in [6, 6.07) is 3.69. The number of nitrogens with zero attached hydrogens (tertiary/aromatic N) is 4. The maximum atomic E-state index is 12.3. The van der Waals surface area contributed by atoms with E-state index in [1.54, 1.807) is 12.3 Å². The first-order valence-corrected chi connectivity index (χ1v) is 8.80. The third-order valence-corrected chi connectivity index (χ3v) is 5.05. The van der Waals surface area contributed by atoms with Gasteiger partial charge in [0.2, 0.25) is 5.91 Å². The van der Waals surface area contributed by atoms with E-state index in [1.165, 1.54) is 16.2 Å². The van der Waals surface area contributed by atoms with E-state index in [9.17, 15) is 9.59 Å². The van der Waals surface area contributed by atoms with Crippen LogP contribution in [-0.2, 0) is 4.79 Å². The summed E-state index contributed by atoms with van der Waals surface area (Å²) in [5.41, 5.74) is 1.14. The van der Waals surface area contributed by atoms with E-state index in [-0.39, 0.29) is 17.3 Å². The fourth-order valence-corrected chi connectivity index (χ4v) is 3.43. The fraction of sp³-hybridized carbons (Fsp3) is 0.500. The van der Waals surface area contributed by atoms with Gasteiger partial charge in [-0.15, -0.1) is 0 Å². The Labute approximate surface area is 138 Å². The lowest BCUT2D eigenvalue weighted by Crippen LogP contribution is -2.39. The van der Waals surface area contributed by atoms with Crippen molar-refractivity contribution in [1.82, 2.24) is 19.3 Å². The van der Waals surface area contributed by atoms with E-state index in [0.29, 0.717) is 16.7 Å². The first-order chi connectivity index (χ1) is 11.0. The molecule has 0 unspecified atom stereocenters. The maximum Gasteiger partial charge on any atom is 0.355 e. The molecule has 7 heteroatoms. The van der Waals surface area contributed by atoms with Crippen molar-refractivity contribution >= 4 is 23.3 Å². The summed E-state index contributed by atoms with van der Waals surface area (Å²) in [4.78, 5) is 34.6. The number of hydrogen-bond acceptors (Lipinski definition) is 5. The number of likely N-dealkylation sites (tertiary alicyclic amines) is 1. The molecule has 1 saturated heterocycles. The number of aryl methyl sites for hydroxylation is 1. The highest BCUT2D eigenvalue weighted by molar-refractivity contribution is 7.99. The normalized spacial score (nSPS) is 16.0. The SMILES string of the molecule is Cc1cccn2c(=O)nc(SCC(=O)N3CCC(C)CC3)nc12. The molecule has 0 aromatic carbocycles. The highest BCUT2D eigenvalue weighted by atomic mass is 32.2. The third kappa shape index (κ3) is 3.55. The van der Waals surface area contributed by atoms with Crippen LogP contribution in [0, 0.1) is 12.8 Å². The van der Waals surface area contributed by atoms with E-state index >= 15 is 0 Å². The van der Waals surface area contributed by atoms with Gasteiger partial charge >= 0.3 is 5.69 Å². The number of aromatic nitrogens is 3. The lowest BCUT2D eigenvalue weighted by molar-refractivity contribution is -0.129. The molecule has 0 saturated carbocycles. The molecule has 0 spiro atoms. The topological polar surface area (TPSA) is 67.6 Å². The summed E-state index contributed by atoms with van der Waals surface area (Å²) in [5, 5.41) is 0.364. The highest BCUT2D eigenvalue weighted by Crippen LogP contribution is 2.19. The van der Waals surface area contributed by atoms with Crippen LogP contribution in [0.5, 0.6) is 0 Å². The van der Waals surface area contributed by atoms with E-state index in [4.69, 9.17) is 0 Å². The summed E-state index contributed by atoms with van der Waals surface area (Å²) >= 11 is 1.23. The van der Waals surface area contributed by atoms with Crippen LogP contribution in [0.2, 0.25) is 0 Å². The second-order valence-corrected chi connectivity index (χ2v) is 6.97. The van der Waals surface area contributed by atoms with E-state index in [2.05, 4.69) is 16.9 Å². The molecule has 1 aliphatic rings. The number of thioether (sulfide) groups is 1. The first kappa shape index (κ1) is 16.0. The van der Waals surface area contributed by atoms with E-state index < -0.39 is 0 Å².